The van der Waals surface area contributed by atoms with Gasteiger partial charge in [0, 0.05) is 18.7 Å². The molecular formula is C9H9F2NO2. The third-order valence-corrected chi connectivity index (χ3v) is 2.05. The summed E-state index contributed by atoms with van der Waals surface area (Å²) < 4.78 is 30.5. The standard InChI is InChI=1S/C9H9F2NO2/c1-9(10,11)5-2-3-12-6(4-5)7-8(13)14-7/h2-4,7-8,13H,1H3. The molecule has 5 heteroatoms. The zero-order chi connectivity index (χ0) is 10.3. The molecule has 1 saturated heterocycles. The Hall–Kier alpha value is -1.07. The number of alkyl halides is 2. The van der Waals surface area contributed by atoms with E-state index in [-0.39, 0.29) is 5.56 Å². The molecule has 0 aliphatic carbocycles. The molecule has 1 N–H and O–H groups in total. The van der Waals surface area contributed by atoms with Gasteiger partial charge in [-0.2, -0.15) is 0 Å². The van der Waals surface area contributed by atoms with Gasteiger partial charge in [-0.15, -0.1) is 0 Å². The molecule has 1 aromatic rings. The van der Waals surface area contributed by atoms with Gasteiger partial charge in [0.15, 0.2) is 12.4 Å². The zero-order valence-electron chi connectivity index (χ0n) is 7.45. The molecule has 2 heterocycles. The Morgan fingerprint density at radius 1 is 1.57 bits per heavy atom. The molecule has 0 bridgehead atoms. The summed E-state index contributed by atoms with van der Waals surface area (Å²) in [5, 5.41) is 8.92. The first-order valence-electron chi connectivity index (χ1n) is 4.16. The summed E-state index contributed by atoms with van der Waals surface area (Å²) in [6.07, 6.45) is -0.156. The Labute approximate surface area is 79.3 Å². The van der Waals surface area contributed by atoms with Crippen molar-refractivity contribution in [2.24, 2.45) is 0 Å². The fourth-order valence-electron chi connectivity index (χ4n) is 1.20. The first-order chi connectivity index (χ1) is 6.48. The van der Waals surface area contributed by atoms with Crippen molar-refractivity contribution in [3.05, 3.63) is 29.6 Å². The second-order valence-electron chi connectivity index (χ2n) is 3.31. The molecule has 1 fully saturated rings. The summed E-state index contributed by atoms with van der Waals surface area (Å²) in [6, 6.07) is 2.50. The highest BCUT2D eigenvalue weighted by Gasteiger charge is 2.40. The normalized spacial score (nSPS) is 26.3. The first kappa shape index (κ1) is 9.48. The maximum Gasteiger partial charge on any atom is 0.270 e. The molecule has 0 saturated carbocycles. The molecule has 0 aromatic carbocycles. The van der Waals surface area contributed by atoms with Crippen molar-refractivity contribution in [2.75, 3.05) is 0 Å². The first-order valence-corrected chi connectivity index (χ1v) is 4.16. The number of aliphatic hydroxyl groups is 1. The summed E-state index contributed by atoms with van der Waals surface area (Å²) >= 11 is 0. The van der Waals surface area contributed by atoms with E-state index < -0.39 is 18.3 Å². The van der Waals surface area contributed by atoms with Gasteiger partial charge in [0.05, 0.1) is 5.69 Å². The molecule has 0 radical (unpaired) electrons. The Morgan fingerprint density at radius 2 is 2.21 bits per heavy atom. The van der Waals surface area contributed by atoms with Gasteiger partial charge in [-0.1, -0.05) is 0 Å². The summed E-state index contributed by atoms with van der Waals surface area (Å²) in [5.74, 6) is -2.89. The summed E-state index contributed by atoms with van der Waals surface area (Å²) in [4.78, 5) is 3.85. The van der Waals surface area contributed by atoms with Crippen molar-refractivity contribution in [2.45, 2.75) is 25.2 Å². The van der Waals surface area contributed by atoms with Crippen LogP contribution in [0.2, 0.25) is 0 Å². The number of pyridine rings is 1. The number of halogens is 2. The van der Waals surface area contributed by atoms with E-state index in [1.54, 1.807) is 0 Å². The van der Waals surface area contributed by atoms with Crippen LogP contribution >= 0.6 is 0 Å². The van der Waals surface area contributed by atoms with E-state index >= 15 is 0 Å². The maximum atomic E-state index is 12.9. The second kappa shape index (κ2) is 2.96. The molecule has 2 rings (SSSR count). The van der Waals surface area contributed by atoms with E-state index in [9.17, 15) is 8.78 Å². The minimum Gasteiger partial charge on any atom is -0.365 e. The fourth-order valence-corrected chi connectivity index (χ4v) is 1.20. The lowest BCUT2D eigenvalue weighted by atomic mass is 10.1. The Kier molecular flexibility index (Phi) is 2.01. The van der Waals surface area contributed by atoms with Crippen molar-refractivity contribution in [1.29, 1.82) is 0 Å². The lowest BCUT2D eigenvalue weighted by Gasteiger charge is -2.10. The van der Waals surface area contributed by atoms with Crippen LogP contribution in [-0.4, -0.2) is 16.4 Å². The fraction of sp³-hybridized carbons (Fsp3) is 0.444. The van der Waals surface area contributed by atoms with E-state index in [4.69, 9.17) is 9.84 Å². The predicted molar refractivity (Wildman–Crippen MR) is 43.6 cm³/mol. The van der Waals surface area contributed by atoms with Gasteiger partial charge in [0.2, 0.25) is 0 Å². The van der Waals surface area contributed by atoms with Crippen LogP contribution < -0.4 is 0 Å². The lowest BCUT2D eigenvalue weighted by Crippen LogP contribution is -2.08. The molecular weight excluding hydrogens is 192 g/mol. The van der Waals surface area contributed by atoms with E-state index in [2.05, 4.69) is 4.98 Å². The number of hydrogen-bond acceptors (Lipinski definition) is 3. The van der Waals surface area contributed by atoms with Crippen LogP contribution in [0.3, 0.4) is 0 Å². The van der Waals surface area contributed by atoms with E-state index in [1.807, 2.05) is 0 Å². The van der Waals surface area contributed by atoms with Crippen LogP contribution in [0.25, 0.3) is 0 Å². The summed E-state index contributed by atoms with van der Waals surface area (Å²) in [5.41, 5.74) is 0.224. The Balaban J connectivity index is 2.28. The molecule has 2 unspecified atom stereocenters. The molecule has 1 aliphatic heterocycles. The molecule has 0 amide bonds. The van der Waals surface area contributed by atoms with Crippen molar-refractivity contribution in [3.63, 3.8) is 0 Å². The number of nitrogens with zero attached hydrogens (tertiary/aromatic N) is 1. The number of rotatable bonds is 2. The van der Waals surface area contributed by atoms with Crippen LogP contribution in [0.4, 0.5) is 8.78 Å². The van der Waals surface area contributed by atoms with Crippen LogP contribution in [-0.2, 0) is 10.7 Å². The molecule has 14 heavy (non-hydrogen) atoms. The van der Waals surface area contributed by atoms with Gasteiger partial charge in [0.1, 0.15) is 0 Å². The Bertz CT molecular complexity index is 351. The van der Waals surface area contributed by atoms with Gasteiger partial charge in [-0.05, 0) is 12.1 Å². The average Bonchev–Trinajstić information content (AvgIpc) is 2.82. The smallest absolute Gasteiger partial charge is 0.270 e. The van der Waals surface area contributed by atoms with Crippen LogP contribution in [0.15, 0.2) is 18.3 Å². The van der Waals surface area contributed by atoms with Crippen molar-refractivity contribution < 1.29 is 18.6 Å². The van der Waals surface area contributed by atoms with E-state index in [1.165, 1.54) is 18.3 Å². The van der Waals surface area contributed by atoms with E-state index in [0.29, 0.717) is 5.69 Å². The number of epoxide rings is 1. The quantitative estimate of drug-likeness (QED) is 0.739. The highest BCUT2D eigenvalue weighted by Crippen LogP contribution is 2.37. The summed E-state index contributed by atoms with van der Waals surface area (Å²) in [7, 11) is 0. The lowest BCUT2D eigenvalue weighted by molar-refractivity contribution is 0.0172. The second-order valence-corrected chi connectivity index (χ2v) is 3.31. The highest BCUT2D eigenvalue weighted by molar-refractivity contribution is 5.23. The van der Waals surface area contributed by atoms with Gasteiger partial charge < -0.3 is 9.84 Å². The monoisotopic (exact) mass is 201 g/mol. The zero-order valence-corrected chi connectivity index (χ0v) is 7.45. The van der Waals surface area contributed by atoms with Crippen molar-refractivity contribution in [1.82, 2.24) is 4.98 Å². The minimum absolute atomic E-state index is 0.120. The van der Waals surface area contributed by atoms with Gasteiger partial charge in [0.25, 0.3) is 5.92 Å². The van der Waals surface area contributed by atoms with Crippen LogP contribution in [0, 0.1) is 0 Å². The minimum atomic E-state index is -2.89. The third kappa shape index (κ3) is 1.73. The van der Waals surface area contributed by atoms with Gasteiger partial charge >= 0.3 is 0 Å². The van der Waals surface area contributed by atoms with Crippen molar-refractivity contribution in [3.8, 4) is 0 Å². The number of aromatic nitrogens is 1. The largest absolute Gasteiger partial charge is 0.365 e. The molecule has 1 aromatic heterocycles. The van der Waals surface area contributed by atoms with Crippen LogP contribution in [0.5, 0.6) is 0 Å². The van der Waals surface area contributed by atoms with E-state index in [0.717, 1.165) is 6.92 Å². The highest BCUT2D eigenvalue weighted by atomic mass is 19.3. The summed E-state index contributed by atoms with van der Waals surface area (Å²) in [6.45, 7) is 0.816. The molecule has 0 spiro atoms. The number of aliphatic hydroxyl groups excluding tert-OH is 1. The topological polar surface area (TPSA) is 45.7 Å². The molecule has 2 atom stereocenters. The average molecular weight is 201 g/mol. The Morgan fingerprint density at radius 3 is 2.71 bits per heavy atom. The van der Waals surface area contributed by atoms with Gasteiger partial charge in [-0.3, -0.25) is 4.98 Å². The van der Waals surface area contributed by atoms with Crippen LogP contribution in [0.1, 0.15) is 24.3 Å². The molecule has 3 nitrogen and oxygen atoms in total. The number of ether oxygens (including phenoxy) is 1. The SMILES string of the molecule is CC(F)(F)c1ccnc(C2OC2O)c1. The number of hydrogen-bond donors (Lipinski definition) is 1. The van der Waals surface area contributed by atoms with Gasteiger partial charge in [-0.25, -0.2) is 8.78 Å². The molecule has 76 valence electrons. The third-order valence-electron chi connectivity index (χ3n) is 2.05. The molecule has 1 aliphatic rings. The van der Waals surface area contributed by atoms with Crippen molar-refractivity contribution >= 4 is 0 Å². The predicted octanol–water partition coefficient (Wildman–Crippen LogP) is 1.58. The maximum absolute atomic E-state index is 12.9.